The minimum atomic E-state index is -3.47. The molecular weight excluding hydrogens is 366 g/mol. The van der Waals surface area contributed by atoms with Gasteiger partial charge in [-0.1, -0.05) is 31.0 Å². The maximum Gasteiger partial charge on any atom is 0.274 e. The molecule has 1 aliphatic rings. The second kappa shape index (κ2) is 8.49. The first kappa shape index (κ1) is 19.3. The molecule has 0 aliphatic carbocycles. The number of sulfonamides is 1. The molecule has 0 saturated carbocycles. The Bertz CT molecular complexity index is 889. The van der Waals surface area contributed by atoms with Gasteiger partial charge >= 0.3 is 0 Å². The smallest absolute Gasteiger partial charge is 0.274 e. The average molecular weight is 389 g/mol. The third-order valence-electron chi connectivity index (χ3n) is 4.73. The second-order valence-electron chi connectivity index (χ2n) is 6.58. The van der Waals surface area contributed by atoms with Crippen molar-refractivity contribution >= 4 is 21.4 Å². The van der Waals surface area contributed by atoms with Crippen LogP contribution in [0.1, 0.15) is 31.2 Å². The number of hydrogen-bond donors (Lipinski definition) is 1. The van der Waals surface area contributed by atoms with E-state index in [1.807, 2.05) is 0 Å². The Morgan fingerprint density at radius 1 is 0.963 bits per heavy atom. The fraction of sp³-hybridized carbons (Fsp3) is 0.368. The van der Waals surface area contributed by atoms with E-state index < -0.39 is 14.9 Å². The monoisotopic (exact) mass is 389 g/mol. The van der Waals surface area contributed by atoms with Gasteiger partial charge in [0.25, 0.3) is 5.69 Å². The van der Waals surface area contributed by atoms with Gasteiger partial charge in [0.05, 0.1) is 9.82 Å². The zero-order valence-electron chi connectivity index (χ0n) is 15.0. The molecule has 2 aromatic rings. The average Bonchev–Trinajstić information content (AvgIpc) is 2.97. The van der Waals surface area contributed by atoms with Crippen LogP contribution in [0.25, 0.3) is 0 Å². The second-order valence-corrected chi connectivity index (χ2v) is 8.52. The fourth-order valence-corrected chi connectivity index (χ4v) is 4.73. The van der Waals surface area contributed by atoms with Gasteiger partial charge in [0.1, 0.15) is 0 Å². The largest absolute Gasteiger partial charge is 0.381 e. The predicted molar refractivity (Wildman–Crippen MR) is 104 cm³/mol. The van der Waals surface area contributed by atoms with Gasteiger partial charge in [0.2, 0.25) is 10.0 Å². The number of nitrogens with zero attached hydrogens (tertiary/aromatic N) is 2. The molecule has 27 heavy (non-hydrogen) atoms. The lowest BCUT2D eigenvalue weighted by molar-refractivity contribution is -0.385. The highest BCUT2D eigenvalue weighted by Crippen LogP contribution is 2.23. The topological polar surface area (TPSA) is 92.5 Å². The minimum Gasteiger partial charge on any atom is -0.381 e. The molecule has 0 aromatic heterocycles. The van der Waals surface area contributed by atoms with Gasteiger partial charge in [-0.3, -0.25) is 10.1 Å². The zero-order valence-corrected chi connectivity index (χ0v) is 15.8. The first-order valence-corrected chi connectivity index (χ1v) is 10.5. The van der Waals surface area contributed by atoms with Crippen molar-refractivity contribution in [2.75, 3.05) is 18.4 Å². The highest BCUT2D eigenvalue weighted by molar-refractivity contribution is 7.89. The number of nitro groups is 1. The fourth-order valence-electron chi connectivity index (χ4n) is 3.21. The summed E-state index contributed by atoms with van der Waals surface area (Å²) in [5.41, 5.74) is 1.34. The van der Waals surface area contributed by atoms with E-state index in [1.54, 1.807) is 46.8 Å². The van der Waals surface area contributed by atoms with Gasteiger partial charge in [-0.05, 0) is 37.1 Å². The molecule has 2 aromatic carbocycles. The van der Waals surface area contributed by atoms with Crippen molar-refractivity contribution in [2.45, 2.75) is 37.1 Å². The Morgan fingerprint density at radius 2 is 1.59 bits per heavy atom. The van der Waals surface area contributed by atoms with E-state index in [0.717, 1.165) is 25.7 Å². The molecule has 1 aliphatic heterocycles. The lowest BCUT2D eigenvalue weighted by Crippen LogP contribution is -2.31. The van der Waals surface area contributed by atoms with Gasteiger partial charge in [0.15, 0.2) is 0 Å². The summed E-state index contributed by atoms with van der Waals surface area (Å²) >= 11 is 0. The molecule has 0 unspecified atom stereocenters. The van der Waals surface area contributed by atoms with Crippen LogP contribution in [0.2, 0.25) is 0 Å². The Labute approximate surface area is 159 Å². The molecule has 144 valence electrons. The van der Waals surface area contributed by atoms with Crippen molar-refractivity contribution in [2.24, 2.45) is 0 Å². The highest BCUT2D eigenvalue weighted by Gasteiger charge is 2.24. The molecule has 3 rings (SSSR count). The Kier molecular flexibility index (Phi) is 6.08. The van der Waals surface area contributed by atoms with Crippen molar-refractivity contribution < 1.29 is 13.3 Å². The van der Waals surface area contributed by atoms with Crippen LogP contribution >= 0.6 is 0 Å². The van der Waals surface area contributed by atoms with Crippen LogP contribution in [0.5, 0.6) is 0 Å². The third kappa shape index (κ3) is 4.64. The first-order chi connectivity index (χ1) is 13.0. The summed E-state index contributed by atoms with van der Waals surface area (Å²) in [7, 11) is -3.47. The summed E-state index contributed by atoms with van der Waals surface area (Å²) in [5.74, 6) is 0. The molecule has 0 radical (unpaired) electrons. The van der Waals surface area contributed by atoms with Gasteiger partial charge in [0, 0.05) is 37.0 Å². The maximum atomic E-state index is 12.8. The van der Waals surface area contributed by atoms with Crippen molar-refractivity contribution in [3.63, 3.8) is 0 Å². The van der Waals surface area contributed by atoms with Crippen LogP contribution in [-0.2, 0) is 16.6 Å². The normalized spacial score (nSPS) is 15.9. The Balaban J connectivity index is 1.69. The van der Waals surface area contributed by atoms with Crippen molar-refractivity contribution in [3.8, 4) is 0 Å². The molecule has 0 amide bonds. The lowest BCUT2D eigenvalue weighted by atomic mass is 10.2. The highest BCUT2D eigenvalue weighted by atomic mass is 32.2. The SMILES string of the molecule is O=[N+]([O-])c1ccccc1CNc1ccc(S(=O)(=O)N2CCCCCC2)cc1. The molecule has 1 fully saturated rings. The Hall–Kier alpha value is -2.45. The number of nitrogens with one attached hydrogen (secondary N) is 1. The van der Waals surface area contributed by atoms with E-state index in [9.17, 15) is 18.5 Å². The molecule has 1 heterocycles. The van der Waals surface area contributed by atoms with E-state index in [0.29, 0.717) is 24.3 Å². The van der Waals surface area contributed by atoms with Crippen molar-refractivity contribution in [1.82, 2.24) is 4.31 Å². The molecule has 0 atom stereocenters. The number of para-hydroxylation sites is 1. The van der Waals surface area contributed by atoms with Crippen LogP contribution < -0.4 is 5.32 Å². The van der Waals surface area contributed by atoms with E-state index in [1.165, 1.54) is 6.07 Å². The van der Waals surface area contributed by atoms with E-state index in [4.69, 9.17) is 0 Å². The maximum absolute atomic E-state index is 12.8. The lowest BCUT2D eigenvalue weighted by Gasteiger charge is -2.20. The zero-order chi connectivity index (χ0) is 19.3. The molecule has 7 nitrogen and oxygen atoms in total. The summed E-state index contributed by atoms with van der Waals surface area (Å²) in [6.07, 6.45) is 3.93. The number of nitro benzene ring substituents is 1. The van der Waals surface area contributed by atoms with Gasteiger partial charge < -0.3 is 5.32 Å². The first-order valence-electron chi connectivity index (χ1n) is 9.05. The van der Waals surface area contributed by atoms with Crippen LogP contribution in [0.4, 0.5) is 11.4 Å². The molecule has 0 bridgehead atoms. The van der Waals surface area contributed by atoms with Gasteiger partial charge in [-0.25, -0.2) is 8.42 Å². The molecule has 1 N–H and O–H groups in total. The molecule has 8 heteroatoms. The number of rotatable bonds is 6. The number of hydrogen-bond acceptors (Lipinski definition) is 5. The van der Waals surface area contributed by atoms with Crippen LogP contribution in [0.15, 0.2) is 53.4 Å². The molecular formula is C19H23N3O4S. The number of benzene rings is 2. The predicted octanol–water partition coefficient (Wildman–Crippen LogP) is 3.77. The van der Waals surface area contributed by atoms with E-state index in [2.05, 4.69) is 5.32 Å². The minimum absolute atomic E-state index is 0.0605. The van der Waals surface area contributed by atoms with E-state index >= 15 is 0 Å². The summed E-state index contributed by atoms with van der Waals surface area (Å²) in [5, 5.41) is 14.2. The number of anilines is 1. The summed E-state index contributed by atoms with van der Waals surface area (Å²) in [4.78, 5) is 10.9. The van der Waals surface area contributed by atoms with Crippen molar-refractivity contribution in [3.05, 3.63) is 64.2 Å². The van der Waals surface area contributed by atoms with Crippen LogP contribution in [0.3, 0.4) is 0 Å². The van der Waals surface area contributed by atoms with Crippen LogP contribution in [0, 0.1) is 10.1 Å². The van der Waals surface area contributed by atoms with Gasteiger partial charge in [-0.2, -0.15) is 4.31 Å². The summed E-state index contributed by atoms with van der Waals surface area (Å²) in [6, 6.07) is 13.1. The molecule has 0 spiro atoms. The Morgan fingerprint density at radius 3 is 2.22 bits per heavy atom. The van der Waals surface area contributed by atoms with Crippen molar-refractivity contribution in [1.29, 1.82) is 0 Å². The van der Waals surface area contributed by atoms with Gasteiger partial charge in [-0.15, -0.1) is 0 Å². The summed E-state index contributed by atoms with van der Waals surface area (Å²) < 4.78 is 27.1. The summed E-state index contributed by atoms with van der Waals surface area (Å²) in [6.45, 7) is 1.43. The van der Waals surface area contributed by atoms with Crippen LogP contribution in [-0.4, -0.2) is 30.7 Å². The molecule has 1 saturated heterocycles. The standard InChI is InChI=1S/C19H23N3O4S/c23-22(24)19-8-4-3-7-16(19)15-20-17-9-11-18(12-10-17)27(25,26)21-13-5-1-2-6-14-21/h3-4,7-12,20H,1-2,5-6,13-15H2. The quantitative estimate of drug-likeness (QED) is 0.600. The van der Waals surface area contributed by atoms with E-state index in [-0.39, 0.29) is 17.1 Å². The third-order valence-corrected chi connectivity index (χ3v) is 6.64.